The molecule has 76 valence electrons. The maximum Gasteiger partial charge on any atom is 0.236 e. The predicted molar refractivity (Wildman–Crippen MR) is 57.0 cm³/mol. The van der Waals surface area contributed by atoms with Gasteiger partial charge in [0.2, 0.25) is 5.91 Å². The number of likely N-dealkylation sites (N-methyl/N-ethyl adjacent to an activating group) is 1. The van der Waals surface area contributed by atoms with Crippen molar-refractivity contribution in [2.45, 2.75) is 18.9 Å². The smallest absolute Gasteiger partial charge is 0.236 e. The number of thioether (sulfide) groups is 1. The van der Waals surface area contributed by atoms with Crippen LogP contribution in [0, 0.1) is 0 Å². The molecule has 1 saturated heterocycles. The minimum absolute atomic E-state index is 0.163. The molecule has 1 N–H and O–H groups in total. The number of rotatable bonds is 3. The van der Waals surface area contributed by atoms with Gasteiger partial charge in [0.15, 0.2) is 0 Å². The van der Waals surface area contributed by atoms with Crippen LogP contribution in [0.15, 0.2) is 0 Å². The van der Waals surface area contributed by atoms with Crippen molar-refractivity contribution in [1.82, 2.24) is 10.2 Å². The lowest BCUT2D eigenvalue weighted by Crippen LogP contribution is -2.40. The molecule has 1 aliphatic rings. The quantitative estimate of drug-likeness (QED) is 0.726. The standard InChI is InChI=1S/C9H18N2OS/c1-11(2)9(12)6-10-8-4-3-5-13-7-8/h8,10H,3-7H2,1-2H3/t8-/m1/s1. The molecular weight excluding hydrogens is 184 g/mol. The van der Waals surface area contributed by atoms with Crippen LogP contribution in [0.3, 0.4) is 0 Å². The number of hydrogen-bond donors (Lipinski definition) is 1. The zero-order chi connectivity index (χ0) is 9.68. The van der Waals surface area contributed by atoms with Crippen molar-refractivity contribution in [2.24, 2.45) is 0 Å². The fourth-order valence-electron chi connectivity index (χ4n) is 1.29. The molecule has 0 aromatic heterocycles. The SMILES string of the molecule is CN(C)C(=O)CN[C@@H]1CCCSC1. The Morgan fingerprint density at radius 1 is 1.62 bits per heavy atom. The zero-order valence-electron chi connectivity index (χ0n) is 8.38. The summed E-state index contributed by atoms with van der Waals surface area (Å²) in [7, 11) is 3.58. The summed E-state index contributed by atoms with van der Waals surface area (Å²) in [5.41, 5.74) is 0. The van der Waals surface area contributed by atoms with Crippen molar-refractivity contribution in [3.8, 4) is 0 Å². The Labute approximate surface area is 84.2 Å². The highest BCUT2D eigenvalue weighted by Gasteiger charge is 2.14. The summed E-state index contributed by atoms with van der Waals surface area (Å²) in [5, 5.41) is 3.29. The average Bonchev–Trinajstić information content (AvgIpc) is 2.15. The van der Waals surface area contributed by atoms with E-state index in [0.29, 0.717) is 12.6 Å². The molecule has 1 fully saturated rings. The average molecular weight is 202 g/mol. The first-order valence-electron chi connectivity index (χ1n) is 4.71. The van der Waals surface area contributed by atoms with Gasteiger partial charge in [-0.2, -0.15) is 11.8 Å². The third kappa shape index (κ3) is 4.00. The lowest BCUT2D eigenvalue weighted by atomic mass is 10.2. The van der Waals surface area contributed by atoms with E-state index in [-0.39, 0.29) is 5.91 Å². The highest BCUT2D eigenvalue weighted by molar-refractivity contribution is 7.99. The van der Waals surface area contributed by atoms with Crippen LogP contribution in [0.5, 0.6) is 0 Å². The van der Waals surface area contributed by atoms with Crippen LogP contribution in [0.1, 0.15) is 12.8 Å². The predicted octanol–water partition coefficient (Wildman–Crippen LogP) is 0.560. The van der Waals surface area contributed by atoms with Crippen molar-refractivity contribution in [1.29, 1.82) is 0 Å². The van der Waals surface area contributed by atoms with Gasteiger partial charge in [-0.05, 0) is 18.6 Å². The third-order valence-electron chi connectivity index (χ3n) is 2.20. The molecule has 0 unspecified atom stereocenters. The van der Waals surface area contributed by atoms with Crippen LogP contribution >= 0.6 is 11.8 Å². The number of amides is 1. The van der Waals surface area contributed by atoms with E-state index in [9.17, 15) is 4.79 Å². The Kier molecular flexibility index (Phi) is 4.59. The summed E-state index contributed by atoms with van der Waals surface area (Å²) >= 11 is 1.98. The first-order valence-corrected chi connectivity index (χ1v) is 5.87. The van der Waals surface area contributed by atoms with E-state index in [4.69, 9.17) is 0 Å². The van der Waals surface area contributed by atoms with Gasteiger partial charge in [0.25, 0.3) is 0 Å². The van der Waals surface area contributed by atoms with Crippen LogP contribution in [0.25, 0.3) is 0 Å². The molecule has 1 atom stereocenters. The van der Waals surface area contributed by atoms with Crippen LogP contribution in [-0.2, 0) is 4.79 Å². The lowest BCUT2D eigenvalue weighted by molar-refractivity contribution is -0.127. The normalized spacial score (nSPS) is 22.8. The van der Waals surface area contributed by atoms with Gasteiger partial charge in [-0.25, -0.2) is 0 Å². The molecule has 0 saturated carbocycles. The molecule has 0 aromatic carbocycles. The molecule has 1 aliphatic heterocycles. The van der Waals surface area contributed by atoms with E-state index in [1.165, 1.54) is 18.6 Å². The minimum atomic E-state index is 0.163. The second kappa shape index (κ2) is 5.50. The maximum atomic E-state index is 11.2. The van der Waals surface area contributed by atoms with Gasteiger partial charge < -0.3 is 10.2 Å². The molecular formula is C9H18N2OS. The Balaban J connectivity index is 2.13. The minimum Gasteiger partial charge on any atom is -0.348 e. The Morgan fingerprint density at radius 2 is 2.38 bits per heavy atom. The topological polar surface area (TPSA) is 32.3 Å². The highest BCUT2D eigenvalue weighted by Crippen LogP contribution is 2.16. The van der Waals surface area contributed by atoms with Crippen LogP contribution in [0.2, 0.25) is 0 Å². The van der Waals surface area contributed by atoms with Gasteiger partial charge in [-0.15, -0.1) is 0 Å². The molecule has 0 radical (unpaired) electrons. The van der Waals surface area contributed by atoms with Crippen LogP contribution in [0.4, 0.5) is 0 Å². The molecule has 3 nitrogen and oxygen atoms in total. The summed E-state index contributed by atoms with van der Waals surface area (Å²) in [6, 6.07) is 0.544. The summed E-state index contributed by atoms with van der Waals surface area (Å²) < 4.78 is 0. The molecule has 1 rings (SSSR count). The zero-order valence-corrected chi connectivity index (χ0v) is 9.19. The van der Waals surface area contributed by atoms with Crippen molar-refractivity contribution in [2.75, 3.05) is 32.1 Å². The summed E-state index contributed by atoms with van der Waals surface area (Å²) in [4.78, 5) is 12.9. The molecule has 0 aromatic rings. The van der Waals surface area contributed by atoms with E-state index in [0.717, 1.165) is 5.75 Å². The number of nitrogens with one attached hydrogen (secondary N) is 1. The molecule has 0 bridgehead atoms. The van der Waals surface area contributed by atoms with Crippen molar-refractivity contribution >= 4 is 17.7 Å². The van der Waals surface area contributed by atoms with Crippen LogP contribution in [-0.4, -0.2) is 49.0 Å². The van der Waals surface area contributed by atoms with Gasteiger partial charge in [0.1, 0.15) is 0 Å². The largest absolute Gasteiger partial charge is 0.348 e. The van der Waals surface area contributed by atoms with Gasteiger partial charge in [0, 0.05) is 25.9 Å². The first-order chi connectivity index (χ1) is 6.20. The number of nitrogens with zero attached hydrogens (tertiary/aromatic N) is 1. The highest BCUT2D eigenvalue weighted by atomic mass is 32.2. The van der Waals surface area contributed by atoms with Crippen molar-refractivity contribution < 1.29 is 4.79 Å². The summed E-state index contributed by atoms with van der Waals surface area (Å²) in [6.45, 7) is 0.484. The van der Waals surface area contributed by atoms with Gasteiger partial charge in [-0.1, -0.05) is 0 Å². The van der Waals surface area contributed by atoms with Crippen LogP contribution < -0.4 is 5.32 Å². The van der Waals surface area contributed by atoms with Crippen molar-refractivity contribution in [3.63, 3.8) is 0 Å². The monoisotopic (exact) mass is 202 g/mol. The van der Waals surface area contributed by atoms with Crippen molar-refractivity contribution in [3.05, 3.63) is 0 Å². The van der Waals surface area contributed by atoms with E-state index in [1.54, 1.807) is 19.0 Å². The molecule has 1 amide bonds. The number of carbonyl (C=O) groups excluding carboxylic acids is 1. The second-order valence-electron chi connectivity index (χ2n) is 3.58. The molecule has 13 heavy (non-hydrogen) atoms. The van der Waals surface area contributed by atoms with Gasteiger partial charge >= 0.3 is 0 Å². The lowest BCUT2D eigenvalue weighted by Gasteiger charge is -2.23. The van der Waals surface area contributed by atoms with E-state index in [1.807, 2.05) is 11.8 Å². The molecule has 1 heterocycles. The third-order valence-corrected chi connectivity index (χ3v) is 3.42. The first kappa shape index (κ1) is 10.9. The Hall–Kier alpha value is -0.220. The number of carbonyl (C=O) groups is 1. The molecule has 0 spiro atoms. The fourth-order valence-corrected chi connectivity index (χ4v) is 2.40. The maximum absolute atomic E-state index is 11.2. The van der Waals surface area contributed by atoms with E-state index in [2.05, 4.69) is 5.32 Å². The fraction of sp³-hybridized carbons (Fsp3) is 0.889. The second-order valence-corrected chi connectivity index (χ2v) is 4.73. The number of hydrogen-bond acceptors (Lipinski definition) is 3. The van der Waals surface area contributed by atoms with Gasteiger partial charge in [-0.3, -0.25) is 4.79 Å². The van der Waals surface area contributed by atoms with E-state index >= 15 is 0 Å². The summed E-state index contributed by atoms with van der Waals surface area (Å²) in [6.07, 6.45) is 2.49. The van der Waals surface area contributed by atoms with Gasteiger partial charge in [0.05, 0.1) is 6.54 Å². The Morgan fingerprint density at radius 3 is 2.92 bits per heavy atom. The molecule has 0 aliphatic carbocycles. The molecule has 4 heteroatoms. The summed E-state index contributed by atoms with van der Waals surface area (Å²) in [5.74, 6) is 2.59. The Bertz CT molecular complexity index is 167. The van der Waals surface area contributed by atoms with E-state index < -0.39 is 0 Å².